The third kappa shape index (κ3) is 3.60. The smallest absolute Gasteiger partial charge is 0.266 e. The van der Waals surface area contributed by atoms with E-state index in [0.717, 1.165) is 0 Å². The molecule has 0 spiro atoms. The number of benzene rings is 1. The van der Waals surface area contributed by atoms with Crippen molar-refractivity contribution in [2.75, 3.05) is 16.6 Å². The Morgan fingerprint density at radius 3 is 2.33 bits per heavy atom. The minimum atomic E-state index is -3.81. The van der Waals surface area contributed by atoms with Crippen LogP contribution in [0.4, 0.5) is 11.6 Å². The van der Waals surface area contributed by atoms with Crippen LogP contribution >= 0.6 is 0 Å². The van der Waals surface area contributed by atoms with Gasteiger partial charge in [-0.05, 0) is 36.8 Å². The lowest BCUT2D eigenvalue weighted by Gasteiger charge is -2.23. The van der Waals surface area contributed by atoms with Gasteiger partial charge in [0.25, 0.3) is 10.0 Å². The van der Waals surface area contributed by atoms with Gasteiger partial charge < -0.3 is 5.73 Å². The number of rotatable bonds is 6. The van der Waals surface area contributed by atoms with Crippen LogP contribution in [0.5, 0.6) is 0 Å². The highest BCUT2D eigenvalue weighted by Gasteiger charge is 2.28. The van der Waals surface area contributed by atoms with Crippen LogP contribution in [0.25, 0.3) is 0 Å². The summed E-state index contributed by atoms with van der Waals surface area (Å²) >= 11 is 0. The maximum Gasteiger partial charge on any atom is 0.266 e. The summed E-state index contributed by atoms with van der Waals surface area (Å²) in [6.07, 6.45) is 3.34. The molecule has 1 aromatic carbocycles. The van der Waals surface area contributed by atoms with Gasteiger partial charge in [-0.25, -0.2) is 33.5 Å². The molecule has 0 unspecified atom stereocenters. The number of nitrogens with two attached hydrogens (primary N) is 1. The van der Waals surface area contributed by atoms with Crippen molar-refractivity contribution in [3.8, 4) is 0 Å². The summed E-state index contributed by atoms with van der Waals surface area (Å²) in [4.78, 5) is 8.28. The van der Waals surface area contributed by atoms with Crippen LogP contribution in [0.1, 0.15) is 6.42 Å². The number of nitrogens with zero attached hydrogens (tertiary/aromatic N) is 3. The fraction of sp³-hybridized carbons (Fsp3) is 0.231. The lowest BCUT2D eigenvalue weighted by molar-refractivity contribution is 0.492. The van der Waals surface area contributed by atoms with Crippen molar-refractivity contribution < 1.29 is 8.42 Å². The molecule has 0 radical (unpaired) electrons. The Hall–Kier alpha value is -2.31. The summed E-state index contributed by atoms with van der Waals surface area (Å²) in [6.45, 7) is 0.185. The maximum absolute atomic E-state index is 13.0. The highest BCUT2D eigenvalue weighted by Crippen LogP contribution is 2.21. The standard InChI is InChI=1S/C13H18N8O2S/c14-10-2-4-11(5-3-10)24(22,23)21(13-15-7-1-8-16-13)9-6-12-17-19-20-18-12/h1-5,7-8,12,17-20H,6,9,14H2. The normalized spacial score (nSPS) is 15.5. The lowest BCUT2D eigenvalue weighted by atomic mass is 10.3. The molecule has 10 nitrogen and oxygen atoms in total. The largest absolute Gasteiger partial charge is 0.399 e. The van der Waals surface area contributed by atoms with Crippen LogP contribution < -0.4 is 32.0 Å². The lowest BCUT2D eigenvalue weighted by Crippen LogP contribution is -2.40. The summed E-state index contributed by atoms with van der Waals surface area (Å²) in [5.41, 5.74) is 17.3. The van der Waals surface area contributed by atoms with Crippen LogP contribution in [-0.4, -0.2) is 31.1 Å². The molecule has 1 saturated heterocycles. The number of sulfonamides is 1. The Morgan fingerprint density at radius 2 is 1.71 bits per heavy atom. The highest BCUT2D eigenvalue weighted by atomic mass is 32.2. The molecule has 0 bridgehead atoms. The predicted molar refractivity (Wildman–Crippen MR) is 88.4 cm³/mol. The summed E-state index contributed by atoms with van der Waals surface area (Å²) < 4.78 is 27.1. The van der Waals surface area contributed by atoms with Gasteiger partial charge in [0.2, 0.25) is 5.95 Å². The number of hydrazine groups is 3. The molecule has 1 fully saturated rings. The van der Waals surface area contributed by atoms with Crippen molar-refractivity contribution >= 4 is 21.7 Å². The Kier molecular flexibility index (Phi) is 4.87. The van der Waals surface area contributed by atoms with E-state index in [-0.39, 0.29) is 23.6 Å². The fourth-order valence-corrected chi connectivity index (χ4v) is 3.58. The SMILES string of the molecule is Nc1ccc(S(=O)(=O)N(CCC2NNNN2)c2ncccn2)cc1. The van der Waals surface area contributed by atoms with Crippen molar-refractivity contribution in [3.63, 3.8) is 0 Å². The van der Waals surface area contributed by atoms with Crippen LogP contribution in [0, 0.1) is 0 Å². The first-order valence-electron chi connectivity index (χ1n) is 7.24. The number of hydrogen-bond donors (Lipinski definition) is 5. The second kappa shape index (κ2) is 7.07. The first-order chi connectivity index (χ1) is 11.6. The van der Waals surface area contributed by atoms with Crippen molar-refractivity contribution in [2.24, 2.45) is 0 Å². The summed E-state index contributed by atoms with van der Waals surface area (Å²) in [5, 5.41) is 0. The van der Waals surface area contributed by atoms with Crippen molar-refractivity contribution in [1.29, 1.82) is 0 Å². The third-order valence-electron chi connectivity index (χ3n) is 3.42. The Bertz CT molecular complexity index is 762. The molecule has 2 heterocycles. The molecule has 0 atom stereocenters. The zero-order valence-electron chi connectivity index (χ0n) is 12.7. The molecule has 1 aliphatic rings. The van der Waals surface area contributed by atoms with E-state index in [9.17, 15) is 8.42 Å². The molecule has 128 valence electrons. The predicted octanol–water partition coefficient (Wildman–Crippen LogP) is -0.913. The molecular formula is C13H18N8O2S. The van der Waals surface area contributed by atoms with Crippen LogP contribution in [0.3, 0.4) is 0 Å². The number of aromatic nitrogens is 2. The average Bonchev–Trinajstić information content (AvgIpc) is 3.10. The monoisotopic (exact) mass is 350 g/mol. The average molecular weight is 350 g/mol. The number of nitrogen functional groups attached to an aromatic ring is 1. The molecule has 11 heteroatoms. The highest BCUT2D eigenvalue weighted by molar-refractivity contribution is 7.92. The number of hydrogen-bond acceptors (Lipinski definition) is 9. The topological polar surface area (TPSA) is 137 Å². The van der Waals surface area contributed by atoms with Gasteiger partial charge in [-0.1, -0.05) is 0 Å². The van der Waals surface area contributed by atoms with E-state index in [2.05, 4.69) is 31.9 Å². The maximum atomic E-state index is 13.0. The first kappa shape index (κ1) is 16.5. The van der Waals surface area contributed by atoms with E-state index in [1.807, 2.05) is 0 Å². The van der Waals surface area contributed by atoms with Gasteiger partial charge in [0.1, 0.15) is 0 Å². The van der Waals surface area contributed by atoms with E-state index in [1.165, 1.54) is 28.8 Å². The molecule has 24 heavy (non-hydrogen) atoms. The molecular weight excluding hydrogens is 332 g/mol. The second-order valence-corrected chi connectivity index (χ2v) is 6.94. The number of anilines is 2. The molecule has 6 N–H and O–H groups in total. The minimum absolute atomic E-state index is 0.119. The molecule has 2 aromatic rings. The Balaban J connectivity index is 1.89. The van der Waals surface area contributed by atoms with Gasteiger partial charge in [0.05, 0.1) is 11.1 Å². The van der Waals surface area contributed by atoms with Crippen molar-refractivity contribution in [3.05, 3.63) is 42.7 Å². The van der Waals surface area contributed by atoms with Gasteiger partial charge in [-0.3, -0.25) is 0 Å². The molecule has 0 amide bonds. The third-order valence-corrected chi connectivity index (χ3v) is 5.21. The van der Waals surface area contributed by atoms with E-state index in [0.29, 0.717) is 12.1 Å². The van der Waals surface area contributed by atoms with Gasteiger partial charge in [-0.15, -0.1) is 0 Å². The zero-order valence-corrected chi connectivity index (χ0v) is 13.5. The number of nitrogens with one attached hydrogen (secondary N) is 4. The summed E-state index contributed by atoms with van der Waals surface area (Å²) in [7, 11) is -3.81. The van der Waals surface area contributed by atoms with Gasteiger partial charge >= 0.3 is 0 Å². The van der Waals surface area contributed by atoms with Gasteiger partial charge in [0.15, 0.2) is 0 Å². The van der Waals surface area contributed by atoms with Gasteiger partial charge in [-0.2, -0.15) is 11.1 Å². The first-order valence-corrected chi connectivity index (χ1v) is 8.68. The van der Waals surface area contributed by atoms with Crippen LogP contribution in [0.15, 0.2) is 47.6 Å². The van der Waals surface area contributed by atoms with Crippen molar-refractivity contribution in [2.45, 2.75) is 17.5 Å². The fourth-order valence-electron chi connectivity index (χ4n) is 2.19. The molecule has 0 aliphatic carbocycles. The Labute approximate surface area is 139 Å². The quantitative estimate of drug-likeness (QED) is 0.419. The van der Waals surface area contributed by atoms with E-state index >= 15 is 0 Å². The molecule has 0 saturated carbocycles. The summed E-state index contributed by atoms with van der Waals surface area (Å²) in [6, 6.07) is 7.66. The van der Waals surface area contributed by atoms with Crippen LogP contribution in [0.2, 0.25) is 0 Å². The zero-order chi connectivity index (χ0) is 17.0. The van der Waals surface area contributed by atoms with Crippen LogP contribution in [-0.2, 0) is 10.0 Å². The van der Waals surface area contributed by atoms with Gasteiger partial charge in [0, 0.05) is 24.6 Å². The molecule has 1 aliphatic heterocycles. The summed E-state index contributed by atoms with van der Waals surface area (Å²) in [5.74, 6) is 0.119. The van der Waals surface area contributed by atoms with E-state index in [4.69, 9.17) is 5.73 Å². The second-order valence-electron chi connectivity index (χ2n) is 5.07. The van der Waals surface area contributed by atoms with Crippen molar-refractivity contribution in [1.82, 2.24) is 31.9 Å². The molecule has 3 rings (SSSR count). The van der Waals surface area contributed by atoms with E-state index < -0.39 is 10.0 Å². The molecule has 1 aromatic heterocycles. The minimum Gasteiger partial charge on any atom is -0.399 e. The van der Waals surface area contributed by atoms with E-state index in [1.54, 1.807) is 18.2 Å². The Morgan fingerprint density at radius 1 is 1.08 bits per heavy atom.